The van der Waals surface area contributed by atoms with E-state index in [0.717, 1.165) is 29.2 Å². The van der Waals surface area contributed by atoms with Crippen LogP contribution in [0.1, 0.15) is 30.4 Å². The SMILES string of the molecule is COCCC(NC(=O)OCC1c2ccccc2-c2ccccc21)C(=O)NCC(C)(O)C(=O)O. The van der Waals surface area contributed by atoms with Gasteiger partial charge in [0.1, 0.15) is 12.6 Å². The maximum absolute atomic E-state index is 12.5. The van der Waals surface area contributed by atoms with E-state index < -0.39 is 36.2 Å². The fourth-order valence-corrected chi connectivity index (χ4v) is 3.74. The van der Waals surface area contributed by atoms with Gasteiger partial charge in [-0.25, -0.2) is 9.59 Å². The van der Waals surface area contributed by atoms with Gasteiger partial charge in [0, 0.05) is 26.1 Å². The molecule has 3 rings (SSSR count). The molecule has 33 heavy (non-hydrogen) atoms. The predicted octanol–water partition coefficient (Wildman–Crippen LogP) is 1.88. The molecular weight excluding hydrogens is 428 g/mol. The number of fused-ring (bicyclic) bond motifs is 3. The molecule has 0 aliphatic heterocycles. The van der Waals surface area contributed by atoms with Crippen molar-refractivity contribution in [3.05, 3.63) is 59.7 Å². The molecule has 0 saturated carbocycles. The van der Waals surface area contributed by atoms with Crippen molar-refractivity contribution >= 4 is 18.0 Å². The number of ether oxygens (including phenoxy) is 2. The first-order valence-electron chi connectivity index (χ1n) is 10.6. The Hall–Kier alpha value is -3.43. The summed E-state index contributed by atoms with van der Waals surface area (Å²) in [6.07, 6.45) is -0.639. The summed E-state index contributed by atoms with van der Waals surface area (Å²) in [7, 11) is 1.46. The van der Waals surface area contributed by atoms with Crippen molar-refractivity contribution in [1.29, 1.82) is 0 Å². The fraction of sp³-hybridized carbons (Fsp3) is 0.375. The molecule has 9 nitrogen and oxygen atoms in total. The first-order chi connectivity index (χ1) is 15.7. The number of methoxy groups -OCH3 is 1. The van der Waals surface area contributed by atoms with E-state index >= 15 is 0 Å². The molecule has 0 spiro atoms. The van der Waals surface area contributed by atoms with Gasteiger partial charge >= 0.3 is 12.1 Å². The van der Waals surface area contributed by atoms with Gasteiger partial charge in [-0.05, 0) is 29.2 Å². The first-order valence-corrected chi connectivity index (χ1v) is 10.6. The number of amides is 2. The molecule has 0 fully saturated rings. The van der Waals surface area contributed by atoms with Crippen LogP contribution in [0.5, 0.6) is 0 Å². The summed E-state index contributed by atoms with van der Waals surface area (Å²) < 4.78 is 10.5. The van der Waals surface area contributed by atoms with Gasteiger partial charge in [-0.15, -0.1) is 0 Å². The zero-order valence-electron chi connectivity index (χ0n) is 18.5. The van der Waals surface area contributed by atoms with E-state index in [2.05, 4.69) is 10.6 Å². The van der Waals surface area contributed by atoms with Crippen molar-refractivity contribution in [2.24, 2.45) is 0 Å². The zero-order chi connectivity index (χ0) is 24.0. The third-order valence-corrected chi connectivity index (χ3v) is 5.63. The Morgan fingerprint density at radius 1 is 1.06 bits per heavy atom. The summed E-state index contributed by atoms with van der Waals surface area (Å²) in [6, 6.07) is 14.9. The van der Waals surface area contributed by atoms with Crippen LogP contribution in [0.4, 0.5) is 4.79 Å². The van der Waals surface area contributed by atoms with Crippen molar-refractivity contribution in [1.82, 2.24) is 10.6 Å². The summed E-state index contributed by atoms with van der Waals surface area (Å²) in [4.78, 5) is 36.0. The Bertz CT molecular complexity index is 976. The van der Waals surface area contributed by atoms with Crippen LogP contribution in [0.25, 0.3) is 11.1 Å². The van der Waals surface area contributed by atoms with Gasteiger partial charge in [0.25, 0.3) is 0 Å². The number of aliphatic carboxylic acids is 1. The van der Waals surface area contributed by atoms with Crippen LogP contribution in [0.3, 0.4) is 0 Å². The number of carboxylic acids is 1. The molecule has 2 amide bonds. The molecule has 2 unspecified atom stereocenters. The van der Waals surface area contributed by atoms with Crippen molar-refractivity contribution < 1.29 is 34.1 Å². The van der Waals surface area contributed by atoms with Crippen LogP contribution >= 0.6 is 0 Å². The van der Waals surface area contributed by atoms with Gasteiger partial charge in [0.15, 0.2) is 5.60 Å². The van der Waals surface area contributed by atoms with E-state index in [-0.39, 0.29) is 25.6 Å². The Balaban J connectivity index is 1.63. The molecule has 1 aliphatic rings. The number of hydrogen-bond acceptors (Lipinski definition) is 6. The van der Waals surface area contributed by atoms with Gasteiger partial charge in [-0.1, -0.05) is 48.5 Å². The molecule has 2 aromatic rings. The van der Waals surface area contributed by atoms with E-state index in [1.54, 1.807) is 0 Å². The van der Waals surface area contributed by atoms with Crippen LogP contribution in [-0.2, 0) is 19.1 Å². The molecule has 176 valence electrons. The number of nitrogens with one attached hydrogen (secondary N) is 2. The number of carboxylic acid groups (broad SMARTS) is 1. The topological polar surface area (TPSA) is 134 Å². The molecule has 0 heterocycles. The highest BCUT2D eigenvalue weighted by Gasteiger charge is 2.32. The first kappa shape index (κ1) is 24.2. The van der Waals surface area contributed by atoms with Gasteiger partial charge in [0.05, 0.1) is 6.54 Å². The van der Waals surface area contributed by atoms with Gasteiger partial charge in [0.2, 0.25) is 5.91 Å². The number of rotatable bonds is 10. The minimum absolute atomic E-state index is 0.0895. The maximum atomic E-state index is 12.5. The highest BCUT2D eigenvalue weighted by atomic mass is 16.5. The van der Waals surface area contributed by atoms with Crippen molar-refractivity contribution in [2.75, 3.05) is 26.9 Å². The summed E-state index contributed by atoms with van der Waals surface area (Å²) in [5.41, 5.74) is 2.20. The molecule has 1 aliphatic carbocycles. The Morgan fingerprint density at radius 3 is 2.18 bits per heavy atom. The molecule has 0 radical (unpaired) electrons. The summed E-state index contributed by atoms with van der Waals surface area (Å²) in [5.74, 6) is -2.25. The average Bonchev–Trinajstić information content (AvgIpc) is 3.12. The van der Waals surface area contributed by atoms with E-state index in [1.807, 2.05) is 48.5 Å². The van der Waals surface area contributed by atoms with Gasteiger partial charge in [-0.2, -0.15) is 0 Å². The minimum atomic E-state index is -2.13. The largest absolute Gasteiger partial charge is 0.479 e. The standard InChI is InChI=1S/C24H28N2O7/c1-24(31,22(28)29)14-25-21(27)20(11-12-32-2)26-23(30)33-13-19-17-9-5-3-7-15(17)16-8-4-6-10-18(16)19/h3-10,19-20,31H,11-14H2,1-2H3,(H,25,27)(H,26,30)(H,28,29). The number of aliphatic hydroxyl groups is 1. The lowest BCUT2D eigenvalue weighted by Gasteiger charge is -2.22. The number of carbonyl (C=O) groups is 3. The number of hydrogen-bond donors (Lipinski definition) is 4. The van der Waals surface area contributed by atoms with E-state index in [4.69, 9.17) is 14.6 Å². The Morgan fingerprint density at radius 2 is 1.64 bits per heavy atom. The molecule has 2 atom stereocenters. The third kappa shape index (κ3) is 5.68. The monoisotopic (exact) mass is 456 g/mol. The smallest absolute Gasteiger partial charge is 0.407 e. The van der Waals surface area contributed by atoms with E-state index in [9.17, 15) is 19.5 Å². The molecule has 4 N–H and O–H groups in total. The van der Waals surface area contributed by atoms with Crippen LogP contribution in [0.15, 0.2) is 48.5 Å². The highest BCUT2D eigenvalue weighted by Crippen LogP contribution is 2.44. The summed E-state index contributed by atoms with van der Waals surface area (Å²) >= 11 is 0. The zero-order valence-corrected chi connectivity index (χ0v) is 18.5. The summed E-state index contributed by atoms with van der Waals surface area (Å²) in [6.45, 7) is 0.818. The van der Waals surface area contributed by atoms with Crippen molar-refractivity contribution in [3.63, 3.8) is 0 Å². The highest BCUT2D eigenvalue weighted by molar-refractivity contribution is 5.86. The lowest BCUT2D eigenvalue weighted by atomic mass is 9.98. The van der Waals surface area contributed by atoms with Crippen LogP contribution < -0.4 is 10.6 Å². The lowest BCUT2D eigenvalue weighted by Crippen LogP contribution is -2.53. The fourth-order valence-electron chi connectivity index (χ4n) is 3.74. The molecule has 0 saturated heterocycles. The van der Waals surface area contributed by atoms with Crippen LogP contribution in [0.2, 0.25) is 0 Å². The number of alkyl carbamates (subject to hydrolysis) is 1. The van der Waals surface area contributed by atoms with Crippen molar-refractivity contribution in [3.8, 4) is 11.1 Å². The normalized spacial score (nSPS) is 15.0. The second-order valence-electron chi connectivity index (χ2n) is 8.10. The van der Waals surface area contributed by atoms with Crippen LogP contribution in [0, 0.1) is 0 Å². The Labute approximate surface area is 191 Å². The molecule has 0 aromatic heterocycles. The minimum Gasteiger partial charge on any atom is -0.479 e. The van der Waals surface area contributed by atoms with Crippen LogP contribution in [-0.4, -0.2) is 66.7 Å². The molecule has 0 bridgehead atoms. The third-order valence-electron chi connectivity index (χ3n) is 5.63. The van der Waals surface area contributed by atoms with Crippen molar-refractivity contribution in [2.45, 2.75) is 30.9 Å². The average molecular weight is 456 g/mol. The molecule has 2 aromatic carbocycles. The second kappa shape index (κ2) is 10.5. The number of benzene rings is 2. The maximum Gasteiger partial charge on any atom is 0.407 e. The second-order valence-corrected chi connectivity index (χ2v) is 8.10. The number of carbonyl (C=O) groups excluding carboxylic acids is 2. The Kier molecular flexibility index (Phi) is 7.67. The lowest BCUT2D eigenvalue weighted by molar-refractivity contribution is -0.156. The quantitative estimate of drug-likeness (QED) is 0.429. The predicted molar refractivity (Wildman–Crippen MR) is 120 cm³/mol. The van der Waals surface area contributed by atoms with E-state index in [1.165, 1.54) is 7.11 Å². The molecular formula is C24H28N2O7. The van der Waals surface area contributed by atoms with Gasteiger partial charge in [-0.3, -0.25) is 4.79 Å². The summed E-state index contributed by atoms with van der Waals surface area (Å²) in [5, 5.41) is 23.6. The van der Waals surface area contributed by atoms with E-state index in [0.29, 0.717) is 0 Å². The molecule has 9 heteroatoms. The van der Waals surface area contributed by atoms with Gasteiger partial charge < -0.3 is 30.3 Å².